The molecule has 234 valence electrons. The normalized spacial score (nSPS) is 15.5. The van der Waals surface area contributed by atoms with E-state index in [1.807, 2.05) is 41.8 Å². The monoisotopic (exact) mass is 574 g/mol. The fourth-order valence-electron chi connectivity index (χ4n) is 4.85. The number of halogens is 1. The number of hydrogen-bond donors (Lipinski definition) is 1. The summed E-state index contributed by atoms with van der Waals surface area (Å²) in [5.41, 5.74) is 4.07. The first-order chi connectivity index (χ1) is 19.5. The number of aromatic nitrogens is 1. The fourth-order valence-corrected chi connectivity index (χ4v) is 4.85. The van der Waals surface area contributed by atoms with E-state index in [1.54, 1.807) is 17.9 Å². The number of carbonyl (C=O) groups is 2. The average Bonchev–Trinajstić information content (AvgIpc) is 3.39. The second kappa shape index (κ2) is 21.2. The standard InChI is InChI=1S/C22H30FN3O2.C10H23N.C2H6/c1-7-18(23)11-17-13-26(10-8-9-25(5)6)22(28)19(17)12-20-14(2)21(16(4)27)15(3)24-20;1-4-7-8-9-10-11(5-2)6-3;1-2/h7,11-12,24H,8-10,13H2,1-6H3;4-10H2,1-3H3;1-2H3/b17-11+,18-7+,19-12-;;. The van der Waals surface area contributed by atoms with Crippen LogP contribution in [0.15, 0.2) is 29.1 Å². The highest BCUT2D eigenvalue weighted by Gasteiger charge is 2.31. The van der Waals surface area contributed by atoms with Crippen LogP contribution in [0.1, 0.15) is 108 Å². The van der Waals surface area contributed by atoms with E-state index in [-0.39, 0.29) is 17.5 Å². The van der Waals surface area contributed by atoms with Crippen molar-refractivity contribution in [3.63, 3.8) is 0 Å². The second-order valence-corrected chi connectivity index (χ2v) is 10.6. The molecule has 0 unspecified atom stereocenters. The summed E-state index contributed by atoms with van der Waals surface area (Å²) in [7, 11) is 3.99. The summed E-state index contributed by atoms with van der Waals surface area (Å²) in [6, 6.07) is 0. The van der Waals surface area contributed by atoms with E-state index >= 15 is 0 Å². The number of Topliss-reactive ketones (excluding diaryl/α,β-unsaturated/α-hetero) is 1. The Morgan fingerprint density at radius 2 is 1.66 bits per heavy atom. The van der Waals surface area contributed by atoms with Gasteiger partial charge in [-0.25, -0.2) is 4.39 Å². The molecular weight excluding hydrogens is 515 g/mol. The predicted molar refractivity (Wildman–Crippen MR) is 174 cm³/mol. The van der Waals surface area contributed by atoms with Crippen molar-refractivity contribution in [2.24, 2.45) is 0 Å². The van der Waals surface area contributed by atoms with Gasteiger partial charge >= 0.3 is 0 Å². The molecule has 0 bridgehead atoms. The zero-order chi connectivity index (χ0) is 31.5. The van der Waals surface area contributed by atoms with Crippen molar-refractivity contribution in [2.75, 3.05) is 53.4 Å². The van der Waals surface area contributed by atoms with Crippen LogP contribution in [-0.4, -0.2) is 84.7 Å². The molecule has 41 heavy (non-hydrogen) atoms. The van der Waals surface area contributed by atoms with Crippen LogP contribution in [-0.2, 0) is 4.79 Å². The predicted octanol–water partition coefficient (Wildman–Crippen LogP) is 7.75. The SMILES string of the molecule is CC.CCCCCCN(CC)CC.C\C=C(F)/C=C1\CN(CCCN(C)C)C(=O)\C1=C/c1[nH]c(C)c(C(C)=O)c1C. The highest BCUT2D eigenvalue weighted by molar-refractivity contribution is 6.06. The lowest BCUT2D eigenvalue weighted by Crippen LogP contribution is -2.28. The second-order valence-electron chi connectivity index (χ2n) is 10.6. The molecule has 0 atom stereocenters. The number of aromatic amines is 1. The van der Waals surface area contributed by atoms with E-state index in [0.29, 0.717) is 35.5 Å². The van der Waals surface area contributed by atoms with Gasteiger partial charge in [-0.15, -0.1) is 0 Å². The molecule has 1 aromatic rings. The van der Waals surface area contributed by atoms with Gasteiger partial charge in [0, 0.05) is 35.6 Å². The molecule has 0 aromatic carbocycles. The van der Waals surface area contributed by atoms with Gasteiger partial charge in [-0.05, 0) is 104 Å². The molecule has 1 aliphatic heterocycles. The summed E-state index contributed by atoms with van der Waals surface area (Å²) >= 11 is 0. The van der Waals surface area contributed by atoms with Crippen LogP contribution >= 0.6 is 0 Å². The van der Waals surface area contributed by atoms with Crippen LogP contribution < -0.4 is 0 Å². The topological polar surface area (TPSA) is 59.6 Å². The smallest absolute Gasteiger partial charge is 0.254 e. The highest BCUT2D eigenvalue weighted by atomic mass is 19.1. The Morgan fingerprint density at radius 1 is 1.02 bits per heavy atom. The van der Waals surface area contributed by atoms with Crippen LogP contribution in [0.4, 0.5) is 4.39 Å². The molecule has 0 aliphatic carbocycles. The number of allylic oxidation sites excluding steroid dienone is 3. The van der Waals surface area contributed by atoms with E-state index < -0.39 is 0 Å². The molecule has 1 saturated heterocycles. The molecule has 0 radical (unpaired) electrons. The minimum absolute atomic E-state index is 0.0188. The number of rotatable bonds is 14. The molecule has 2 rings (SSSR count). The third kappa shape index (κ3) is 13.3. The lowest BCUT2D eigenvalue weighted by Gasteiger charge is -2.17. The van der Waals surface area contributed by atoms with Crippen LogP contribution in [0.3, 0.4) is 0 Å². The van der Waals surface area contributed by atoms with Crippen LogP contribution in [0.25, 0.3) is 6.08 Å². The number of nitrogens with zero attached hydrogens (tertiary/aromatic N) is 3. The zero-order valence-electron chi connectivity index (χ0n) is 28.0. The van der Waals surface area contributed by atoms with Crippen LogP contribution in [0.2, 0.25) is 0 Å². The number of aryl methyl sites for hydroxylation is 1. The van der Waals surface area contributed by atoms with Gasteiger partial charge in [0.15, 0.2) is 5.78 Å². The largest absolute Gasteiger partial charge is 0.358 e. The summed E-state index contributed by atoms with van der Waals surface area (Å²) in [4.78, 5) is 34.4. The summed E-state index contributed by atoms with van der Waals surface area (Å²) in [5.74, 6) is -0.493. The first kappa shape index (κ1) is 38.5. The minimum atomic E-state index is -0.368. The van der Waals surface area contributed by atoms with E-state index in [2.05, 4.69) is 35.6 Å². The molecular formula is C34H59FN4O2. The minimum Gasteiger partial charge on any atom is -0.358 e. The molecule has 1 amide bonds. The molecule has 2 heterocycles. The summed E-state index contributed by atoms with van der Waals surface area (Å²) in [6.45, 7) is 23.2. The highest BCUT2D eigenvalue weighted by Crippen LogP contribution is 2.29. The number of ketones is 1. The van der Waals surface area contributed by atoms with Crippen molar-refractivity contribution in [1.29, 1.82) is 0 Å². The quantitative estimate of drug-likeness (QED) is 0.140. The lowest BCUT2D eigenvalue weighted by molar-refractivity contribution is -0.124. The fraction of sp³-hybridized carbons (Fsp3) is 0.647. The average molecular weight is 575 g/mol. The number of hydrogen-bond acceptors (Lipinski definition) is 4. The van der Waals surface area contributed by atoms with E-state index in [0.717, 1.165) is 24.2 Å². The Bertz CT molecular complexity index is 1020. The van der Waals surface area contributed by atoms with Gasteiger partial charge in [0.1, 0.15) is 5.83 Å². The first-order valence-electron chi connectivity index (χ1n) is 15.6. The molecule has 0 spiro atoms. The maximum Gasteiger partial charge on any atom is 0.254 e. The van der Waals surface area contributed by atoms with Gasteiger partial charge in [-0.1, -0.05) is 60.0 Å². The first-order valence-corrected chi connectivity index (χ1v) is 15.6. The molecule has 6 nitrogen and oxygen atoms in total. The maximum absolute atomic E-state index is 13.9. The van der Waals surface area contributed by atoms with Crippen molar-refractivity contribution in [3.05, 3.63) is 51.6 Å². The van der Waals surface area contributed by atoms with Gasteiger partial charge in [0.25, 0.3) is 5.91 Å². The number of H-pyrrole nitrogens is 1. The van der Waals surface area contributed by atoms with Crippen LogP contribution in [0, 0.1) is 13.8 Å². The number of nitrogens with one attached hydrogen (secondary N) is 1. The number of carbonyl (C=O) groups excluding carboxylic acids is 2. The summed E-state index contributed by atoms with van der Waals surface area (Å²) in [5, 5.41) is 0. The lowest BCUT2D eigenvalue weighted by atomic mass is 10.0. The van der Waals surface area contributed by atoms with Gasteiger partial charge in [-0.2, -0.15) is 0 Å². The van der Waals surface area contributed by atoms with Gasteiger partial charge in [0.2, 0.25) is 0 Å². The maximum atomic E-state index is 13.9. The third-order valence-corrected chi connectivity index (χ3v) is 7.19. The van der Waals surface area contributed by atoms with Crippen molar-refractivity contribution in [3.8, 4) is 0 Å². The van der Waals surface area contributed by atoms with Crippen molar-refractivity contribution < 1.29 is 14.0 Å². The van der Waals surface area contributed by atoms with Crippen molar-refractivity contribution in [2.45, 2.75) is 94.4 Å². The number of unbranched alkanes of at least 4 members (excludes halogenated alkanes) is 3. The van der Waals surface area contributed by atoms with Gasteiger partial charge in [0.05, 0.1) is 0 Å². The van der Waals surface area contributed by atoms with Gasteiger partial charge < -0.3 is 19.7 Å². The third-order valence-electron chi connectivity index (χ3n) is 7.19. The molecule has 1 aliphatic rings. The van der Waals surface area contributed by atoms with Crippen LogP contribution in [0.5, 0.6) is 0 Å². The van der Waals surface area contributed by atoms with E-state index in [4.69, 9.17) is 0 Å². The zero-order valence-corrected chi connectivity index (χ0v) is 28.0. The van der Waals surface area contributed by atoms with Crippen molar-refractivity contribution in [1.82, 2.24) is 19.7 Å². The number of likely N-dealkylation sites (tertiary alicyclic amines) is 1. The molecule has 1 N–H and O–H groups in total. The Kier molecular flexibility index (Phi) is 19.9. The Balaban J connectivity index is 0.00000104. The Hall–Kier alpha value is -2.51. The number of amides is 1. The van der Waals surface area contributed by atoms with Gasteiger partial charge in [-0.3, -0.25) is 9.59 Å². The molecule has 0 saturated carbocycles. The summed E-state index contributed by atoms with van der Waals surface area (Å²) in [6.07, 6.45) is 10.9. The Labute approximate surface area is 250 Å². The molecule has 1 aromatic heterocycles. The van der Waals surface area contributed by atoms with Crippen molar-refractivity contribution >= 4 is 17.8 Å². The molecule has 1 fully saturated rings. The van der Waals surface area contributed by atoms with E-state index in [9.17, 15) is 14.0 Å². The molecule has 7 heteroatoms. The Morgan fingerprint density at radius 3 is 2.15 bits per heavy atom. The summed E-state index contributed by atoms with van der Waals surface area (Å²) < 4.78 is 13.9. The van der Waals surface area contributed by atoms with E-state index in [1.165, 1.54) is 64.4 Å².